The number of hydrogen-bond acceptors (Lipinski definition) is 3. The molecule has 3 nitrogen and oxygen atoms in total. The van der Waals surface area contributed by atoms with E-state index in [0.717, 1.165) is 0 Å². The molecule has 1 aliphatic heterocycles. The van der Waals surface area contributed by atoms with Crippen LogP contribution in [0, 0.1) is 0 Å². The highest BCUT2D eigenvalue weighted by molar-refractivity contribution is 6.94. The van der Waals surface area contributed by atoms with Gasteiger partial charge in [0.05, 0.1) is 5.50 Å². The fourth-order valence-electron chi connectivity index (χ4n) is 1.75. The summed E-state index contributed by atoms with van der Waals surface area (Å²) in [5.41, 5.74) is 0.489. The average Bonchev–Trinajstić information content (AvgIpc) is 1.79. The Hall–Kier alpha value is 0.821. The standard InChI is InChI=1S/C6H17ClO3Si3/c1-11(2)8-12(3,4)10-13(5,6-7)9-11/h6H2,1-5H3. The molecule has 1 aliphatic rings. The molecule has 0 unspecified atom stereocenters. The molecule has 78 valence electrons. The van der Waals surface area contributed by atoms with Crippen molar-refractivity contribution in [3.05, 3.63) is 0 Å². The van der Waals surface area contributed by atoms with Crippen LogP contribution in [0.25, 0.3) is 0 Å². The van der Waals surface area contributed by atoms with Gasteiger partial charge in [-0.1, -0.05) is 0 Å². The van der Waals surface area contributed by atoms with Gasteiger partial charge in [-0.15, -0.1) is 11.6 Å². The molecule has 0 aromatic heterocycles. The molecule has 0 saturated carbocycles. The Balaban J connectivity index is 2.84. The third-order valence-electron chi connectivity index (χ3n) is 1.66. The molecular weight excluding hydrogens is 240 g/mol. The highest BCUT2D eigenvalue weighted by atomic mass is 35.5. The van der Waals surface area contributed by atoms with Crippen LogP contribution in [0.4, 0.5) is 0 Å². The molecule has 1 saturated heterocycles. The van der Waals surface area contributed by atoms with E-state index in [9.17, 15) is 0 Å². The topological polar surface area (TPSA) is 27.7 Å². The molecule has 0 bridgehead atoms. The van der Waals surface area contributed by atoms with E-state index in [1.54, 1.807) is 0 Å². The normalized spacial score (nSPS) is 30.0. The van der Waals surface area contributed by atoms with Gasteiger partial charge in [-0.2, -0.15) is 0 Å². The monoisotopic (exact) mass is 256 g/mol. The number of alkyl halides is 1. The Morgan fingerprint density at radius 2 is 1.23 bits per heavy atom. The summed E-state index contributed by atoms with van der Waals surface area (Å²) in [6, 6.07) is 0. The fraction of sp³-hybridized carbons (Fsp3) is 1.00. The molecule has 1 heterocycles. The van der Waals surface area contributed by atoms with Crippen molar-refractivity contribution in [3.63, 3.8) is 0 Å². The molecule has 0 aliphatic carbocycles. The van der Waals surface area contributed by atoms with E-state index >= 15 is 0 Å². The first kappa shape index (κ1) is 11.9. The summed E-state index contributed by atoms with van der Waals surface area (Å²) >= 11 is 5.88. The molecule has 0 radical (unpaired) electrons. The zero-order chi connectivity index (χ0) is 10.3. The van der Waals surface area contributed by atoms with E-state index in [0.29, 0.717) is 5.50 Å². The smallest absolute Gasteiger partial charge is 0.332 e. The molecule has 13 heavy (non-hydrogen) atoms. The second kappa shape index (κ2) is 3.44. The number of rotatable bonds is 1. The van der Waals surface area contributed by atoms with Crippen molar-refractivity contribution in [2.45, 2.75) is 32.7 Å². The molecule has 0 spiro atoms. The van der Waals surface area contributed by atoms with Crippen LogP contribution in [0.3, 0.4) is 0 Å². The minimum atomic E-state index is -2.12. The molecule has 0 N–H and O–H groups in total. The molecule has 0 aromatic rings. The predicted molar refractivity (Wildman–Crippen MR) is 60.6 cm³/mol. The molecule has 0 atom stereocenters. The second-order valence-corrected chi connectivity index (χ2v) is 15.8. The molecule has 1 rings (SSSR count). The first-order valence-electron chi connectivity index (χ1n) is 4.35. The van der Waals surface area contributed by atoms with Gasteiger partial charge in [0, 0.05) is 0 Å². The molecular formula is C6H17ClO3Si3. The summed E-state index contributed by atoms with van der Waals surface area (Å²) in [5, 5.41) is 0. The van der Waals surface area contributed by atoms with Crippen LogP contribution >= 0.6 is 11.6 Å². The van der Waals surface area contributed by atoms with E-state index in [-0.39, 0.29) is 0 Å². The van der Waals surface area contributed by atoms with Crippen molar-refractivity contribution < 1.29 is 12.3 Å². The summed E-state index contributed by atoms with van der Waals surface area (Å²) in [5.74, 6) is 0. The Morgan fingerprint density at radius 1 is 0.846 bits per heavy atom. The molecule has 0 amide bonds. The van der Waals surface area contributed by atoms with Gasteiger partial charge >= 0.3 is 25.7 Å². The summed E-state index contributed by atoms with van der Waals surface area (Å²) in [4.78, 5) is 0. The van der Waals surface area contributed by atoms with E-state index < -0.39 is 25.7 Å². The maximum absolute atomic E-state index is 5.88. The van der Waals surface area contributed by atoms with Crippen molar-refractivity contribution in [1.82, 2.24) is 0 Å². The third kappa shape index (κ3) is 3.15. The van der Waals surface area contributed by atoms with E-state index in [2.05, 4.69) is 26.2 Å². The highest BCUT2D eigenvalue weighted by Gasteiger charge is 2.52. The average molecular weight is 257 g/mol. The largest absolute Gasteiger partial charge is 0.416 e. The van der Waals surface area contributed by atoms with Crippen molar-refractivity contribution in [2.24, 2.45) is 0 Å². The van der Waals surface area contributed by atoms with Gasteiger partial charge in [0.1, 0.15) is 0 Å². The van der Waals surface area contributed by atoms with Gasteiger partial charge in [0.25, 0.3) is 0 Å². The van der Waals surface area contributed by atoms with Gasteiger partial charge in [-0.25, -0.2) is 0 Å². The summed E-state index contributed by atoms with van der Waals surface area (Å²) in [6.45, 7) is 10.3. The van der Waals surface area contributed by atoms with Crippen molar-refractivity contribution in [2.75, 3.05) is 5.50 Å². The number of halogens is 1. The maximum atomic E-state index is 5.88. The van der Waals surface area contributed by atoms with Crippen molar-refractivity contribution in [1.29, 1.82) is 0 Å². The third-order valence-corrected chi connectivity index (χ3v) is 14.9. The summed E-state index contributed by atoms with van der Waals surface area (Å²) in [6.07, 6.45) is 0. The Kier molecular flexibility index (Phi) is 3.15. The first-order valence-corrected chi connectivity index (χ1v) is 13.0. The lowest BCUT2D eigenvalue weighted by Gasteiger charge is -2.47. The van der Waals surface area contributed by atoms with Gasteiger partial charge < -0.3 is 12.3 Å². The van der Waals surface area contributed by atoms with Crippen LogP contribution < -0.4 is 0 Å². The lowest BCUT2D eigenvalue weighted by molar-refractivity contribution is 0.237. The van der Waals surface area contributed by atoms with Crippen LogP contribution in [-0.4, -0.2) is 31.2 Å². The maximum Gasteiger partial charge on any atom is 0.332 e. The first-order chi connectivity index (χ1) is 5.68. The van der Waals surface area contributed by atoms with Crippen LogP contribution in [0.15, 0.2) is 0 Å². The Morgan fingerprint density at radius 3 is 1.54 bits per heavy atom. The lowest BCUT2D eigenvalue weighted by Crippen LogP contribution is -2.66. The van der Waals surface area contributed by atoms with Gasteiger partial charge in [0.2, 0.25) is 0 Å². The summed E-state index contributed by atoms with van der Waals surface area (Å²) < 4.78 is 17.6. The molecule has 7 heteroatoms. The van der Waals surface area contributed by atoms with Crippen molar-refractivity contribution in [3.8, 4) is 0 Å². The van der Waals surface area contributed by atoms with Crippen LogP contribution in [0.2, 0.25) is 32.7 Å². The zero-order valence-corrected chi connectivity index (χ0v) is 12.6. The Bertz CT molecular complexity index is 193. The van der Waals surface area contributed by atoms with E-state index in [1.807, 2.05) is 6.55 Å². The lowest BCUT2D eigenvalue weighted by atomic mass is 11.9. The SMILES string of the molecule is C[Si]1(C)O[Si](C)(C)O[Si](C)(CCl)O1. The molecule has 1 fully saturated rings. The number of hydrogen-bond donors (Lipinski definition) is 0. The van der Waals surface area contributed by atoms with E-state index in [4.69, 9.17) is 23.9 Å². The van der Waals surface area contributed by atoms with Gasteiger partial charge in [0.15, 0.2) is 0 Å². The minimum absolute atomic E-state index is 0.489. The van der Waals surface area contributed by atoms with Crippen molar-refractivity contribution >= 4 is 37.3 Å². The van der Waals surface area contributed by atoms with Crippen LogP contribution in [0.1, 0.15) is 0 Å². The predicted octanol–water partition coefficient (Wildman–Crippen LogP) is 2.30. The molecule has 0 aromatic carbocycles. The summed E-state index contributed by atoms with van der Waals surface area (Å²) in [7, 11) is -6.05. The Labute approximate surface area is 88.1 Å². The van der Waals surface area contributed by atoms with Crippen LogP contribution in [0.5, 0.6) is 0 Å². The minimum Gasteiger partial charge on any atom is -0.416 e. The van der Waals surface area contributed by atoms with Crippen LogP contribution in [-0.2, 0) is 12.3 Å². The second-order valence-electron chi connectivity index (χ2n) is 4.37. The van der Waals surface area contributed by atoms with Gasteiger partial charge in [-0.3, -0.25) is 0 Å². The highest BCUT2D eigenvalue weighted by Crippen LogP contribution is 2.30. The fourth-order valence-corrected chi connectivity index (χ4v) is 17.8. The van der Waals surface area contributed by atoms with E-state index in [1.165, 1.54) is 0 Å². The zero-order valence-electron chi connectivity index (χ0n) is 8.81. The van der Waals surface area contributed by atoms with Gasteiger partial charge in [-0.05, 0) is 32.7 Å². The quantitative estimate of drug-likeness (QED) is 0.532.